The monoisotopic (exact) mass is 694 g/mol. The SMILES string of the molecule is Cl.Cl.O=C(Nc1cc(CN2CCCC2C(F)(F)F)c(-c2ccc(C(F)(F)F)cc2)cn1)c1cnc(N2CCC(C(=O)O)CC2)cn1. The molecule has 0 spiro atoms. The maximum Gasteiger partial charge on any atom is 0.416 e. The topological polar surface area (TPSA) is 112 Å². The number of carbonyl (C=O) groups excluding carboxylic acids is 1. The number of aromatic nitrogens is 3. The van der Waals surface area contributed by atoms with Crippen molar-refractivity contribution in [2.75, 3.05) is 29.9 Å². The molecule has 9 nitrogen and oxygen atoms in total. The summed E-state index contributed by atoms with van der Waals surface area (Å²) < 4.78 is 80.3. The summed E-state index contributed by atoms with van der Waals surface area (Å²) in [7, 11) is 0. The third kappa shape index (κ3) is 8.56. The van der Waals surface area contributed by atoms with E-state index in [1.54, 1.807) is 0 Å². The molecule has 4 heterocycles. The van der Waals surface area contributed by atoms with Crippen molar-refractivity contribution in [3.8, 4) is 11.1 Å². The van der Waals surface area contributed by atoms with Gasteiger partial charge >= 0.3 is 18.3 Å². The summed E-state index contributed by atoms with van der Waals surface area (Å²) in [5, 5.41) is 11.7. The number of amides is 1. The quantitative estimate of drug-likeness (QED) is 0.271. The van der Waals surface area contributed by atoms with E-state index < -0.39 is 41.8 Å². The number of hydrogen-bond acceptors (Lipinski definition) is 7. The fourth-order valence-electron chi connectivity index (χ4n) is 5.54. The van der Waals surface area contributed by atoms with Crippen molar-refractivity contribution >= 4 is 48.3 Å². The van der Waals surface area contributed by atoms with E-state index in [-0.39, 0.29) is 55.8 Å². The van der Waals surface area contributed by atoms with Crippen molar-refractivity contribution in [1.29, 1.82) is 0 Å². The lowest BCUT2D eigenvalue weighted by molar-refractivity contribution is -0.177. The van der Waals surface area contributed by atoms with Gasteiger partial charge in [-0.25, -0.2) is 15.0 Å². The highest BCUT2D eigenvalue weighted by atomic mass is 35.5. The second-order valence-corrected chi connectivity index (χ2v) is 10.8. The van der Waals surface area contributed by atoms with E-state index in [9.17, 15) is 41.0 Å². The Morgan fingerprint density at radius 2 is 1.57 bits per heavy atom. The number of halogens is 8. The highest BCUT2D eigenvalue weighted by molar-refractivity contribution is 6.02. The van der Waals surface area contributed by atoms with Gasteiger partial charge in [-0.15, -0.1) is 24.8 Å². The Kier molecular flexibility index (Phi) is 11.8. The molecule has 2 aliphatic rings. The van der Waals surface area contributed by atoms with Crippen LogP contribution in [0.4, 0.5) is 38.0 Å². The maximum absolute atomic E-state index is 13.7. The first-order valence-electron chi connectivity index (χ1n) is 13.9. The third-order valence-electron chi connectivity index (χ3n) is 7.91. The van der Waals surface area contributed by atoms with Gasteiger partial charge in [-0.05, 0) is 61.6 Å². The van der Waals surface area contributed by atoms with Gasteiger partial charge in [0.25, 0.3) is 5.91 Å². The first-order valence-corrected chi connectivity index (χ1v) is 13.9. The summed E-state index contributed by atoms with van der Waals surface area (Å²) in [6.45, 7) is 0.957. The molecular formula is C29H30Cl2F6N6O3. The number of hydrogen-bond donors (Lipinski definition) is 2. The Morgan fingerprint density at radius 3 is 2.13 bits per heavy atom. The summed E-state index contributed by atoms with van der Waals surface area (Å²) in [6, 6.07) is 3.98. The number of likely N-dealkylation sites (tertiary alicyclic amines) is 1. The van der Waals surface area contributed by atoms with E-state index in [1.807, 2.05) is 4.90 Å². The Hall–Kier alpha value is -3.69. The summed E-state index contributed by atoms with van der Waals surface area (Å²) in [6.07, 6.45) is -3.87. The summed E-state index contributed by atoms with van der Waals surface area (Å²) in [4.78, 5) is 39.9. The number of alkyl halides is 6. The lowest BCUT2D eigenvalue weighted by Gasteiger charge is -2.30. The van der Waals surface area contributed by atoms with E-state index in [0.29, 0.717) is 54.9 Å². The van der Waals surface area contributed by atoms with Crippen LogP contribution in [0.5, 0.6) is 0 Å². The van der Waals surface area contributed by atoms with Crippen molar-refractivity contribution in [1.82, 2.24) is 19.9 Å². The molecule has 17 heteroatoms. The van der Waals surface area contributed by atoms with Gasteiger partial charge in [0.2, 0.25) is 0 Å². The van der Waals surface area contributed by atoms with Gasteiger partial charge in [-0.1, -0.05) is 12.1 Å². The minimum atomic E-state index is -4.55. The van der Waals surface area contributed by atoms with Crippen LogP contribution in [0.3, 0.4) is 0 Å². The van der Waals surface area contributed by atoms with Crippen molar-refractivity contribution in [3.63, 3.8) is 0 Å². The van der Waals surface area contributed by atoms with Crippen molar-refractivity contribution < 1.29 is 41.0 Å². The molecule has 1 amide bonds. The molecule has 2 fully saturated rings. The summed E-state index contributed by atoms with van der Waals surface area (Å²) >= 11 is 0. The normalized spacial score (nSPS) is 17.6. The second kappa shape index (κ2) is 14.8. The average Bonchev–Trinajstić information content (AvgIpc) is 3.46. The third-order valence-corrected chi connectivity index (χ3v) is 7.91. The molecule has 5 rings (SSSR count). The molecule has 2 N–H and O–H groups in total. The van der Waals surface area contributed by atoms with Crippen LogP contribution in [0.25, 0.3) is 11.1 Å². The molecule has 2 aromatic heterocycles. The molecular weight excluding hydrogens is 665 g/mol. The number of nitrogens with zero attached hydrogens (tertiary/aromatic N) is 5. The number of piperidine rings is 1. The van der Waals surface area contributed by atoms with Crippen molar-refractivity contribution in [2.24, 2.45) is 5.92 Å². The van der Waals surface area contributed by atoms with Gasteiger partial charge in [0.05, 0.1) is 23.9 Å². The van der Waals surface area contributed by atoms with Crippen molar-refractivity contribution in [3.05, 3.63) is 65.7 Å². The van der Waals surface area contributed by atoms with Crippen LogP contribution >= 0.6 is 24.8 Å². The fourth-order valence-corrected chi connectivity index (χ4v) is 5.54. The Bertz CT molecular complexity index is 1500. The van der Waals surface area contributed by atoms with Crippen LogP contribution in [0.1, 0.15) is 47.3 Å². The summed E-state index contributed by atoms with van der Waals surface area (Å²) in [5.74, 6) is -1.44. The molecule has 0 bridgehead atoms. The van der Waals surface area contributed by atoms with E-state index in [0.717, 1.165) is 12.1 Å². The lowest BCUT2D eigenvalue weighted by atomic mass is 9.97. The predicted molar refractivity (Wildman–Crippen MR) is 161 cm³/mol. The first-order chi connectivity index (χ1) is 20.8. The van der Waals surface area contributed by atoms with Crippen LogP contribution in [0.15, 0.2) is 48.9 Å². The smallest absolute Gasteiger partial charge is 0.416 e. The Morgan fingerprint density at radius 1 is 0.891 bits per heavy atom. The zero-order valence-corrected chi connectivity index (χ0v) is 25.6. The number of carboxylic acids is 1. The second-order valence-electron chi connectivity index (χ2n) is 10.8. The largest absolute Gasteiger partial charge is 0.481 e. The van der Waals surface area contributed by atoms with Gasteiger partial charge in [-0.3, -0.25) is 14.5 Å². The minimum absolute atomic E-state index is 0. The zero-order chi connectivity index (χ0) is 31.6. The predicted octanol–water partition coefficient (Wildman–Crippen LogP) is 6.48. The van der Waals surface area contributed by atoms with Gasteiger partial charge in [0.15, 0.2) is 0 Å². The number of pyridine rings is 1. The van der Waals surface area contributed by atoms with Gasteiger partial charge in [0, 0.05) is 31.4 Å². The molecule has 250 valence electrons. The van der Waals surface area contributed by atoms with Crippen LogP contribution in [0.2, 0.25) is 0 Å². The number of carbonyl (C=O) groups is 2. The molecule has 0 radical (unpaired) electrons. The molecule has 2 aliphatic heterocycles. The van der Waals surface area contributed by atoms with Gasteiger partial charge < -0.3 is 15.3 Å². The van der Waals surface area contributed by atoms with E-state index in [2.05, 4.69) is 20.3 Å². The van der Waals surface area contributed by atoms with Crippen LogP contribution in [-0.4, -0.2) is 68.7 Å². The maximum atomic E-state index is 13.7. The van der Waals surface area contributed by atoms with Crippen molar-refractivity contribution in [2.45, 2.75) is 50.6 Å². The summed E-state index contributed by atoms with van der Waals surface area (Å²) in [5.41, 5.74) is 0.0851. The molecule has 0 saturated carbocycles. The molecule has 46 heavy (non-hydrogen) atoms. The van der Waals surface area contributed by atoms with E-state index in [4.69, 9.17) is 0 Å². The Balaban J connectivity index is 0.00000288. The Labute approximate surface area is 272 Å². The van der Waals surface area contributed by atoms with Crippen LogP contribution in [0, 0.1) is 5.92 Å². The van der Waals surface area contributed by atoms with Gasteiger partial charge in [-0.2, -0.15) is 26.3 Å². The number of nitrogens with one attached hydrogen (secondary N) is 1. The number of benzene rings is 1. The number of anilines is 2. The molecule has 1 atom stereocenters. The highest BCUT2D eigenvalue weighted by Crippen LogP contribution is 2.36. The number of carboxylic acid groups (broad SMARTS) is 1. The average molecular weight is 695 g/mol. The molecule has 0 aliphatic carbocycles. The highest BCUT2D eigenvalue weighted by Gasteiger charge is 2.45. The van der Waals surface area contributed by atoms with Crippen LogP contribution < -0.4 is 10.2 Å². The van der Waals surface area contributed by atoms with E-state index in [1.165, 1.54) is 41.7 Å². The molecule has 2 saturated heterocycles. The number of rotatable bonds is 7. The zero-order valence-electron chi connectivity index (χ0n) is 24.0. The molecule has 1 unspecified atom stereocenters. The fraction of sp³-hybridized carbons (Fsp3) is 0.414. The lowest BCUT2D eigenvalue weighted by Crippen LogP contribution is -2.40. The van der Waals surface area contributed by atoms with Crippen LogP contribution in [-0.2, 0) is 17.5 Å². The minimum Gasteiger partial charge on any atom is -0.481 e. The first kappa shape index (κ1) is 36.8. The van der Waals surface area contributed by atoms with Gasteiger partial charge in [0.1, 0.15) is 23.4 Å². The van der Waals surface area contributed by atoms with E-state index >= 15 is 0 Å². The standard InChI is InChI=1S/C29H28F6N6O3.2ClH/c30-28(31,32)20-5-3-17(4-6-20)21-13-37-24(12-19(21)16-41-9-1-2-23(41)29(33,34)35)39-26(42)22-14-38-25(15-36-22)40-10-7-18(8-11-40)27(43)44;;/h3-6,12-15,18,23H,1-2,7-11,16H2,(H,43,44)(H,37,39,42);2*1H. The molecule has 3 aromatic rings. The molecule has 1 aromatic carbocycles. The number of aliphatic carboxylic acids is 1.